The Morgan fingerprint density at radius 2 is 1.39 bits per heavy atom. The number of nitrogens with one attached hydrogen (secondary N) is 3. The zero-order valence-corrected chi connectivity index (χ0v) is 20.7. The van der Waals surface area contributed by atoms with Crippen molar-refractivity contribution in [3.05, 3.63) is 0 Å². The van der Waals surface area contributed by atoms with Crippen molar-refractivity contribution in [2.45, 2.75) is 77.5 Å². The van der Waals surface area contributed by atoms with Crippen molar-refractivity contribution in [3.63, 3.8) is 0 Å². The summed E-state index contributed by atoms with van der Waals surface area (Å²) in [6.45, 7) is 6.94. The second kappa shape index (κ2) is 15.5. The Morgan fingerprint density at radius 1 is 0.879 bits per heavy atom. The van der Waals surface area contributed by atoms with Crippen LogP contribution in [0.2, 0.25) is 0 Å². The monoisotopic (exact) mass is 490 g/mol. The van der Waals surface area contributed by atoms with Gasteiger partial charge in [0.05, 0.1) is 6.04 Å². The van der Waals surface area contributed by atoms with E-state index >= 15 is 0 Å². The Bertz CT molecular complexity index is 690. The number of hydrogen-bond acceptors (Lipinski definition) is 7. The molecule has 5 unspecified atom stereocenters. The zero-order valence-electron chi connectivity index (χ0n) is 19.9. The highest BCUT2D eigenvalue weighted by Crippen LogP contribution is 2.09. The molecule has 3 amide bonds. The SMILES string of the molecule is CCC(C)C(N)C(=O)NC(CCC(=O)O)C(=O)NC(CCSC)C(=O)NC(C(=O)O)C(C)C. The summed E-state index contributed by atoms with van der Waals surface area (Å²) in [5, 5.41) is 25.8. The maximum Gasteiger partial charge on any atom is 0.326 e. The van der Waals surface area contributed by atoms with Crippen LogP contribution in [0.15, 0.2) is 0 Å². The van der Waals surface area contributed by atoms with E-state index < -0.39 is 53.8 Å². The number of carbonyl (C=O) groups excluding carboxylic acids is 3. The number of carboxylic acid groups (broad SMARTS) is 2. The molecule has 7 N–H and O–H groups in total. The van der Waals surface area contributed by atoms with Crippen LogP contribution in [0.25, 0.3) is 0 Å². The number of nitrogens with two attached hydrogens (primary N) is 1. The fraction of sp³-hybridized carbons (Fsp3) is 0.762. The predicted octanol–water partition coefficient (Wildman–Crippen LogP) is 0.173. The van der Waals surface area contributed by atoms with E-state index in [-0.39, 0.29) is 31.1 Å². The van der Waals surface area contributed by atoms with Crippen molar-refractivity contribution in [1.82, 2.24) is 16.0 Å². The minimum absolute atomic E-state index is 0.155. The molecular formula is C21H38N4O7S. The molecule has 0 saturated heterocycles. The van der Waals surface area contributed by atoms with E-state index in [0.29, 0.717) is 12.2 Å². The van der Waals surface area contributed by atoms with Crippen LogP contribution in [0.4, 0.5) is 0 Å². The summed E-state index contributed by atoms with van der Waals surface area (Å²) in [5.41, 5.74) is 5.92. The molecule has 190 valence electrons. The van der Waals surface area contributed by atoms with Crippen molar-refractivity contribution >= 4 is 41.4 Å². The van der Waals surface area contributed by atoms with Gasteiger partial charge >= 0.3 is 11.9 Å². The van der Waals surface area contributed by atoms with Crippen LogP contribution < -0.4 is 21.7 Å². The topological polar surface area (TPSA) is 188 Å². The molecule has 0 radical (unpaired) electrons. The van der Waals surface area contributed by atoms with E-state index in [9.17, 15) is 29.1 Å². The number of hydrogen-bond donors (Lipinski definition) is 6. The zero-order chi connectivity index (χ0) is 25.7. The standard InChI is InChI=1S/C21H38N4O7S/c1-6-12(4)16(22)20(30)24-13(7-8-15(26)27)18(28)23-14(9-10-33-5)19(29)25-17(11(2)3)21(31)32/h11-14,16-17H,6-10,22H2,1-5H3,(H,23,28)(H,24,30)(H,25,29)(H,26,27)(H,31,32). The highest BCUT2D eigenvalue weighted by molar-refractivity contribution is 7.98. The average Bonchev–Trinajstić information content (AvgIpc) is 2.75. The summed E-state index contributed by atoms with van der Waals surface area (Å²) in [4.78, 5) is 60.6. The third-order valence-corrected chi connectivity index (χ3v) is 5.96. The van der Waals surface area contributed by atoms with Gasteiger partial charge in [-0.2, -0.15) is 11.8 Å². The van der Waals surface area contributed by atoms with Gasteiger partial charge < -0.3 is 31.9 Å². The number of amides is 3. The summed E-state index contributed by atoms with van der Waals surface area (Å²) >= 11 is 1.44. The van der Waals surface area contributed by atoms with Crippen molar-refractivity contribution < 1.29 is 34.2 Å². The molecular weight excluding hydrogens is 452 g/mol. The molecule has 0 fully saturated rings. The van der Waals surface area contributed by atoms with Gasteiger partial charge in [0, 0.05) is 6.42 Å². The van der Waals surface area contributed by atoms with Crippen molar-refractivity contribution in [3.8, 4) is 0 Å². The first-order valence-corrected chi connectivity index (χ1v) is 12.3. The molecule has 12 heteroatoms. The first kappa shape index (κ1) is 30.7. The molecule has 11 nitrogen and oxygen atoms in total. The van der Waals surface area contributed by atoms with Crippen LogP contribution in [-0.2, 0) is 24.0 Å². The van der Waals surface area contributed by atoms with Gasteiger partial charge in [0.2, 0.25) is 17.7 Å². The molecule has 5 atom stereocenters. The maximum absolute atomic E-state index is 12.9. The maximum atomic E-state index is 12.9. The lowest BCUT2D eigenvalue weighted by atomic mass is 9.98. The first-order valence-electron chi connectivity index (χ1n) is 11.0. The third kappa shape index (κ3) is 11.4. The molecule has 0 rings (SSSR count). The minimum atomic E-state index is -1.21. The van der Waals surface area contributed by atoms with E-state index in [4.69, 9.17) is 10.8 Å². The van der Waals surface area contributed by atoms with Crippen LogP contribution >= 0.6 is 11.8 Å². The summed E-state index contributed by atoms with van der Waals surface area (Å²) in [5.74, 6) is -4.37. The Kier molecular flexibility index (Phi) is 14.4. The second-order valence-corrected chi connectivity index (χ2v) is 9.30. The van der Waals surface area contributed by atoms with Gasteiger partial charge in [-0.3, -0.25) is 19.2 Å². The number of carboxylic acids is 2. The van der Waals surface area contributed by atoms with Gasteiger partial charge in [-0.1, -0.05) is 34.1 Å². The number of carbonyl (C=O) groups is 5. The van der Waals surface area contributed by atoms with E-state index in [2.05, 4.69) is 16.0 Å². The summed E-state index contributed by atoms with van der Waals surface area (Å²) in [6, 6.07) is -4.29. The number of rotatable bonds is 16. The highest BCUT2D eigenvalue weighted by atomic mass is 32.2. The normalized spacial score (nSPS) is 15.6. The third-order valence-electron chi connectivity index (χ3n) is 5.31. The largest absolute Gasteiger partial charge is 0.481 e. The van der Waals surface area contributed by atoms with Crippen LogP contribution in [0, 0.1) is 11.8 Å². The smallest absolute Gasteiger partial charge is 0.326 e. The molecule has 0 aliphatic heterocycles. The Morgan fingerprint density at radius 3 is 1.85 bits per heavy atom. The average molecular weight is 491 g/mol. The molecule has 0 bridgehead atoms. The van der Waals surface area contributed by atoms with Gasteiger partial charge in [0.15, 0.2) is 0 Å². The first-order chi connectivity index (χ1) is 15.3. The number of thioether (sulfide) groups is 1. The predicted molar refractivity (Wildman–Crippen MR) is 126 cm³/mol. The summed E-state index contributed by atoms with van der Waals surface area (Å²) in [6.07, 6.45) is 2.10. The van der Waals surface area contributed by atoms with Crippen molar-refractivity contribution in [2.75, 3.05) is 12.0 Å². The molecule has 0 saturated carbocycles. The molecule has 0 aliphatic carbocycles. The second-order valence-electron chi connectivity index (χ2n) is 8.32. The fourth-order valence-electron chi connectivity index (χ4n) is 2.86. The van der Waals surface area contributed by atoms with E-state index in [1.807, 2.05) is 13.2 Å². The number of aliphatic carboxylic acids is 2. The molecule has 0 spiro atoms. The van der Waals surface area contributed by atoms with Gasteiger partial charge in [-0.25, -0.2) is 4.79 Å². The van der Waals surface area contributed by atoms with Crippen LogP contribution in [0.3, 0.4) is 0 Å². The Labute approximate surface area is 199 Å². The molecule has 0 heterocycles. The lowest BCUT2D eigenvalue weighted by Gasteiger charge is -2.26. The quantitative estimate of drug-likeness (QED) is 0.175. The van der Waals surface area contributed by atoms with Crippen molar-refractivity contribution in [2.24, 2.45) is 17.6 Å². The van der Waals surface area contributed by atoms with Crippen LogP contribution in [-0.4, -0.2) is 76.0 Å². The fourth-order valence-corrected chi connectivity index (χ4v) is 3.33. The van der Waals surface area contributed by atoms with E-state index in [0.717, 1.165) is 0 Å². The summed E-state index contributed by atoms with van der Waals surface area (Å²) < 4.78 is 0. The molecule has 0 aromatic carbocycles. The highest BCUT2D eigenvalue weighted by Gasteiger charge is 2.31. The van der Waals surface area contributed by atoms with Gasteiger partial charge in [0.25, 0.3) is 0 Å². The lowest BCUT2D eigenvalue weighted by molar-refractivity contribution is -0.143. The van der Waals surface area contributed by atoms with Gasteiger partial charge in [-0.05, 0) is 36.7 Å². The van der Waals surface area contributed by atoms with Gasteiger partial charge in [-0.15, -0.1) is 0 Å². The molecule has 33 heavy (non-hydrogen) atoms. The molecule has 0 aromatic heterocycles. The van der Waals surface area contributed by atoms with Crippen LogP contribution in [0.1, 0.15) is 53.4 Å². The van der Waals surface area contributed by atoms with E-state index in [1.54, 1.807) is 20.8 Å². The molecule has 0 aromatic rings. The van der Waals surface area contributed by atoms with Gasteiger partial charge in [0.1, 0.15) is 18.1 Å². The van der Waals surface area contributed by atoms with Crippen molar-refractivity contribution in [1.29, 1.82) is 0 Å². The lowest BCUT2D eigenvalue weighted by Crippen LogP contribution is -2.58. The minimum Gasteiger partial charge on any atom is -0.481 e. The van der Waals surface area contributed by atoms with Crippen LogP contribution in [0.5, 0.6) is 0 Å². The summed E-state index contributed by atoms with van der Waals surface area (Å²) in [7, 11) is 0. The Hall–Kier alpha value is -2.34. The molecule has 0 aliphatic rings. The Balaban J connectivity index is 5.55. The van der Waals surface area contributed by atoms with E-state index in [1.165, 1.54) is 11.8 Å².